The number of aromatic nitrogens is 1. The first-order chi connectivity index (χ1) is 16.0. The number of benzene rings is 1. The fourth-order valence-corrected chi connectivity index (χ4v) is 5.30. The number of carbonyl (C=O) groups excluding carboxylic acids is 3. The molecule has 1 aromatic heterocycles. The number of H-pyrrole nitrogens is 1. The van der Waals surface area contributed by atoms with Crippen LogP contribution in [0.15, 0.2) is 24.3 Å². The number of amides is 4. The summed E-state index contributed by atoms with van der Waals surface area (Å²) in [6, 6.07) is 5.02. The molecule has 1 saturated heterocycles. The molecule has 9 nitrogen and oxygen atoms in total. The number of para-hydroxylation sites is 1. The lowest BCUT2D eigenvalue weighted by atomic mass is 9.86. The van der Waals surface area contributed by atoms with Gasteiger partial charge < -0.3 is 20.3 Å². The summed E-state index contributed by atoms with van der Waals surface area (Å²) in [6.07, 6.45) is 1.15. The lowest BCUT2D eigenvalue weighted by molar-refractivity contribution is -0.145. The minimum absolute atomic E-state index is 0.308. The van der Waals surface area contributed by atoms with Gasteiger partial charge in [0, 0.05) is 17.4 Å². The van der Waals surface area contributed by atoms with Crippen LogP contribution in [0.4, 0.5) is 4.79 Å². The quantitative estimate of drug-likeness (QED) is 0.539. The Morgan fingerprint density at radius 3 is 2.50 bits per heavy atom. The number of imide groups is 1. The molecule has 0 saturated carbocycles. The number of hydrogen-bond acceptors (Lipinski definition) is 4. The van der Waals surface area contributed by atoms with Crippen molar-refractivity contribution in [1.82, 2.24) is 20.1 Å². The van der Waals surface area contributed by atoms with E-state index >= 15 is 0 Å². The van der Waals surface area contributed by atoms with E-state index in [4.69, 9.17) is 0 Å². The highest BCUT2D eigenvalue weighted by atomic mass is 16.4. The number of aromatic amines is 1. The van der Waals surface area contributed by atoms with E-state index in [2.05, 4.69) is 10.3 Å². The Hall–Kier alpha value is -3.36. The number of rotatable bonds is 7. The van der Waals surface area contributed by atoms with Crippen LogP contribution in [-0.4, -0.2) is 62.3 Å². The number of aliphatic carboxylic acids is 1. The van der Waals surface area contributed by atoms with Gasteiger partial charge in [0.05, 0.1) is 5.69 Å². The molecule has 0 bridgehead atoms. The second-order valence-corrected chi connectivity index (χ2v) is 9.85. The van der Waals surface area contributed by atoms with E-state index in [1.807, 2.05) is 31.2 Å². The molecule has 0 unspecified atom stereocenters. The van der Waals surface area contributed by atoms with E-state index in [1.54, 1.807) is 27.7 Å². The molecule has 0 radical (unpaired) electrons. The topological polar surface area (TPSA) is 123 Å². The molecule has 9 heteroatoms. The minimum Gasteiger partial charge on any atom is -0.480 e. The van der Waals surface area contributed by atoms with Gasteiger partial charge in [-0.15, -0.1) is 0 Å². The van der Waals surface area contributed by atoms with Crippen molar-refractivity contribution in [2.24, 2.45) is 11.8 Å². The van der Waals surface area contributed by atoms with Crippen molar-refractivity contribution in [1.29, 1.82) is 0 Å². The van der Waals surface area contributed by atoms with Gasteiger partial charge in [0.15, 0.2) is 5.54 Å². The van der Waals surface area contributed by atoms with Gasteiger partial charge in [-0.05, 0) is 36.8 Å². The molecule has 0 spiro atoms. The molecular formula is C25H32N4O5. The zero-order valence-corrected chi connectivity index (χ0v) is 20.2. The van der Waals surface area contributed by atoms with Crippen molar-refractivity contribution < 1.29 is 24.3 Å². The van der Waals surface area contributed by atoms with Gasteiger partial charge in [-0.3, -0.25) is 9.59 Å². The Labute approximate surface area is 198 Å². The van der Waals surface area contributed by atoms with Crippen LogP contribution in [0, 0.1) is 11.8 Å². The zero-order valence-electron chi connectivity index (χ0n) is 20.2. The first-order valence-corrected chi connectivity index (χ1v) is 11.8. The maximum absolute atomic E-state index is 13.9. The number of nitrogens with one attached hydrogen (secondary N) is 2. The molecule has 4 amide bonds. The highest BCUT2D eigenvalue weighted by Crippen LogP contribution is 2.45. The summed E-state index contributed by atoms with van der Waals surface area (Å²) in [7, 11) is 0. The average Bonchev–Trinajstić information content (AvgIpc) is 3.27. The number of fused-ring (bicyclic) bond motifs is 5. The number of carbonyl (C=O) groups is 4. The van der Waals surface area contributed by atoms with Crippen LogP contribution >= 0.6 is 0 Å². The van der Waals surface area contributed by atoms with Crippen LogP contribution in [0.1, 0.15) is 52.3 Å². The third kappa shape index (κ3) is 3.36. The minimum atomic E-state index is -1.26. The summed E-state index contributed by atoms with van der Waals surface area (Å²) >= 11 is 0. The molecule has 34 heavy (non-hydrogen) atoms. The van der Waals surface area contributed by atoms with Crippen molar-refractivity contribution in [3.63, 3.8) is 0 Å². The second-order valence-electron chi connectivity index (χ2n) is 9.85. The molecule has 2 aliphatic heterocycles. The van der Waals surface area contributed by atoms with Crippen LogP contribution in [0.3, 0.4) is 0 Å². The fraction of sp³-hybridized carbons (Fsp3) is 0.520. The Balaban J connectivity index is 1.73. The van der Waals surface area contributed by atoms with Gasteiger partial charge in [0.2, 0.25) is 5.91 Å². The summed E-state index contributed by atoms with van der Waals surface area (Å²) in [5.41, 5.74) is 1.31. The number of carboxylic acid groups (broad SMARTS) is 1. The average molecular weight is 469 g/mol. The number of carboxylic acids is 1. The van der Waals surface area contributed by atoms with Crippen LogP contribution in [-0.2, 0) is 26.3 Å². The normalized spacial score (nSPS) is 22.5. The van der Waals surface area contributed by atoms with Crippen molar-refractivity contribution in [2.75, 3.05) is 6.54 Å². The maximum Gasteiger partial charge on any atom is 0.328 e. The lowest BCUT2D eigenvalue weighted by Gasteiger charge is -2.36. The summed E-state index contributed by atoms with van der Waals surface area (Å²) < 4.78 is 0. The van der Waals surface area contributed by atoms with E-state index in [-0.39, 0.29) is 5.92 Å². The molecule has 182 valence electrons. The summed E-state index contributed by atoms with van der Waals surface area (Å²) in [5, 5.41) is 13.2. The molecule has 4 atom stereocenters. The van der Waals surface area contributed by atoms with Crippen molar-refractivity contribution in [3.05, 3.63) is 35.5 Å². The van der Waals surface area contributed by atoms with E-state index in [0.717, 1.165) is 21.4 Å². The van der Waals surface area contributed by atoms with Gasteiger partial charge >= 0.3 is 12.0 Å². The molecule has 2 aliphatic rings. The lowest BCUT2D eigenvalue weighted by Crippen LogP contribution is -2.57. The number of urea groups is 1. The SMILES string of the molecule is CC[C@H](C)[C@H](NC(=O)[C@H](C(C)C)N1C(=O)N2CCc3c([nH]c4ccccc34)[C@@]2(C)C1=O)C(=O)O. The highest BCUT2D eigenvalue weighted by Gasteiger charge is 2.61. The molecule has 1 aromatic carbocycles. The van der Waals surface area contributed by atoms with Gasteiger partial charge in [0.25, 0.3) is 5.91 Å². The highest BCUT2D eigenvalue weighted by molar-refractivity contribution is 6.11. The maximum atomic E-state index is 13.9. The first-order valence-electron chi connectivity index (χ1n) is 11.8. The first kappa shape index (κ1) is 23.8. The predicted molar refractivity (Wildman–Crippen MR) is 126 cm³/mol. The summed E-state index contributed by atoms with van der Waals surface area (Å²) in [6.45, 7) is 9.15. The summed E-state index contributed by atoms with van der Waals surface area (Å²) in [5.74, 6) is -2.97. The zero-order chi connectivity index (χ0) is 24.9. The Morgan fingerprint density at radius 1 is 1.21 bits per heavy atom. The molecule has 3 N–H and O–H groups in total. The van der Waals surface area contributed by atoms with Crippen molar-refractivity contribution in [2.45, 2.75) is 65.1 Å². The van der Waals surface area contributed by atoms with Crippen LogP contribution < -0.4 is 5.32 Å². The van der Waals surface area contributed by atoms with Crippen molar-refractivity contribution >= 4 is 34.7 Å². The Morgan fingerprint density at radius 2 is 1.88 bits per heavy atom. The molecule has 0 aliphatic carbocycles. The van der Waals surface area contributed by atoms with Crippen molar-refractivity contribution in [3.8, 4) is 0 Å². The van der Waals surface area contributed by atoms with Gasteiger partial charge in [-0.25, -0.2) is 14.5 Å². The largest absolute Gasteiger partial charge is 0.480 e. The smallest absolute Gasteiger partial charge is 0.328 e. The standard InChI is InChI=1S/C25H32N4O5/c1-6-14(4)18(22(31)32)27-21(30)19(13(2)3)29-23(33)25(5)20-16(11-12-28(25)24(29)34)15-9-7-8-10-17(15)26-20/h7-10,13-14,18-19,26H,6,11-12H2,1-5H3,(H,27,30)(H,31,32)/t14-,18-,19-,25-/m0/s1. The fourth-order valence-electron chi connectivity index (χ4n) is 5.30. The predicted octanol–water partition coefficient (Wildman–Crippen LogP) is 2.84. The van der Waals surface area contributed by atoms with Gasteiger partial charge in [-0.2, -0.15) is 0 Å². The van der Waals surface area contributed by atoms with Gasteiger partial charge in [0.1, 0.15) is 12.1 Å². The molecule has 4 rings (SSSR count). The van der Waals surface area contributed by atoms with Crippen LogP contribution in [0.5, 0.6) is 0 Å². The third-order valence-electron chi connectivity index (χ3n) is 7.45. The van der Waals surface area contributed by atoms with Crippen LogP contribution in [0.2, 0.25) is 0 Å². The van der Waals surface area contributed by atoms with Crippen LogP contribution in [0.25, 0.3) is 10.9 Å². The Kier molecular flexibility index (Phi) is 5.91. The second kappa shape index (κ2) is 8.45. The number of hydrogen-bond donors (Lipinski definition) is 3. The molecule has 3 heterocycles. The monoisotopic (exact) mass is 468 g/mol. The third-order valence-corrected chi connectivity index (χ3v) is 7.45. The molecule has 2 aromatic rings. The van der Waals surface area contributed by atoms with Gasteiger partial charge in [-0.1, -0.05) is 52.3 Å². The Bertz CT molecular complexity index is 1170. The van der Waals surface area contributed by atoms with E-state index in [1.165, 1.54) is 4.90 Å². The summed E-state index contributed by atoms with van der Waals surface area (Å²) in [4.78, 5) is 58.5. The van der Waals surface area contributed by atoms with E-state index in [0.29, 0.717) is 25.1 Å². The number of nitrogens with zero attached hydrogens (tertiary/aromatic N) is 2. The van der Waals surface area contributed by atoms with E-state index in [9.17, 15) is 24.3 Å². The van der Waals surface area contributed by atoms with E-state index < -0.39 is 47.4 Å². The molecule has 1 fully saturated rings. The molecular weight excluding hydrogens is 436 g/mol.